The summed E-state index contributed by atoms with van der Waals surface area (Å²) in [6.07, 6.45) is 80.1. The molecule has 0 aliphatic heterocycles. The van der Waals surface area contributed by atoms with Crippen LogP contribution >= 0.6 is 7.82 Å². The van der Waals surface area contributed by atoms with Crippen LogP contribution in [0.5, 0.6) is 0 Å². The van der Waals surface area contributed by atoms with Gasteiger partial charge in [0.2, 0.25) is 0 Å². The lowest BCUT2D eigenvalue weighted by molar-refractivity contribution is -0.161. The number of carbonyl (C=O) groups excluding carboxylic acids is 2. The smallest absolute Gasteiger partial charge is 0.462 e. The Labute approximate surface area is 469 Å². The first-order valence-corrected chi connectivity index (χ1v) is 33.4. The molecule has 0 rings (SSSR count). The SMILES string of the molecule is CC/C=C\C/C=C\C/C=C\C/C=C\CCCCCCCCCCCCCCCCCCCCCCCCCCCCCCC(=O)OC(COC(=O)CCCCCCC/C=C\C/C=C\CCCC)COP(=O)(O)OCCN. The largest absolute Gasteiger partial charge is 0.472 e. The highest BCUT2D eigenvalue weighted by Crippen LogP contribution is 2.43. The number of unbranched alkanes of at least 4 members (excludes halogenated alkanes) is 35. The van der Waals surface area contributed by atoms with Crippen molar-refractivity contribution >= 4 is 19.8 Å². The first-order valence-electron chi connectivity index (χ1n) is 31.9. The van der Waals surface area contributed by atoms with Gasteiger partial charge in [-0.15, -0.1) is 0 Å². The molecule has 0 fully saturated rings. The van der Waals surface area contributed by atoms with E-state index in [4.69, 9.17) is 24.3 Å². The Morgan fingerprint density at radius 2 is 0.724 bits per heavy atom. The van der Waals surface area contributed by atoms with Crippen molar-refractivity contribution < 1.29 is 37.6 Å². The molecule has 76 heavy (non-hydrogen) atoms. The molecule has 0 radical (unpaired) electrons. The van der Waals surface area contributed by atoms with E-state index < -0.39 is 32.5 Å². The van der Waals surface area contributed by atoms with E-state index in [-0.39, 0.29) is 32.6 Å². The van der Waals surface area contributed by atoms with Crippen LogP contribution in [0.15, 0.2) is 72.9 Å². The average molecular weight is 1090 g/mol. The topological polar surface area (TPSA) is 134 Å². The van der Waals surface area contributed by atoms with Crippen LogP contribution < -0.4 is 5.73 Å². The maximum absolute atomic E-state index is 12.7. The monoisotopic (exact) mass is 1090 g/mol. The molecule has 2 unspecified atom stereocenters. The fourth-order valence-corrected chi connectivity index (χ4v) is 9.88. The summed E-state index contributed by atoms with van der Waals surface area (Å²) in [5.41, 5.74) is 5.38. The Morgan fingerprint density at radius 1 is 0.408 bits per heavy atom. The second kappa shape index (κ2) is 61.7. The minimum Gasteiger partial charge on any atom is -0.462 e. The highest BCUT2D eigenvalue weighted by molar-refractivity contribution is 7.47. The van der Waals surface area contributed by atoms with E-state index >= 15 is 0 Å². The number of rotatable bonds is 60. The molecule has 0 aliphatic rings. The fraction of sp³-hybridized carbons (Fsp3) is 0.788. The molecular formula is C66H120NO8P. The van der Waals surface area contributed by atoms with E-state index in [1.54, 1.807) is 0 Å². The van der Waals surface area contributed by atoms with Crippen LogP contribution in [0.25, 0.3) is 0 Å². The summed E-state index contributed by atoms with van der Waals surface area (Å²) >= 11 is 0. The Morgan fingerprint density at radius 3 is 1.08 bits per heavy atom. The minimum atomic E-state index is -4.39. The molecule has 0 saturated heterocycles. The van der Waals surface area contributed by atoms with Gasteiger partial charge in [-0.3, -0.25) is 18.6 Å². The second-order valence-electron chi connectivity index (χ2n) is 21.2. The number of allylic oxidation sites excluding steroid dienone is 12. The maximum Gasteiger partial charge on any atom is 0.472 e. The van der Waals surface area contributed by atoms with Crippen LogP contribution in [0.3, 0.4) is 0 Å². The number of carbonyl (C=O) groups is 2. The summed E-state index contributed by atoms with van der Waals surface area (Å²) in [6.45, 7) is 3.60. The highest BCUT2D eigenvalue weighted by Gasteiger charge is 2.26. The van der Waals surface area contributed by atoms with E-state index in [0.29, 0.717) is 12.8 Å². The minimum absolute atomic E-state index is 0.0514. The third kappa shape index (κ3) is 60.7. The standard InChI is InChI=1S/C66H120NO8P/c1-3-5-7-9-11-13-15-17-19-20-21-22-23-24-25-26-27-28-29-30-31-32-33-34-35-36-37-38-39-40-41-42-43-44-45-47-49-51-53-55-57-59-66(69)75-64(63-74-76(70,71)73-61-60-67)62-72-65(68)58-56-54-52-50-48-46-18-16-14-12-10-8-6-4-2/h5,7,10-13,16-19,21-22,64H,3-4,6,8-9,14-15,20,23-63,67H2,1-2H3,(H,70,71)/b7-5-,12-10-,13-11-,18-16-,19-17-,22-21-. The van der Waals surface area contributed by atoms with E-state index in [1.165, 1.54) is 180 Å². The van der Waals surface area contributed by atoms with Crippen LogP contribution in [-0.2, 0) is 32.7 Å². The van der Waals surface area contributed by atoms with Crippen molar-refractivity contribution in [2.24, 2.45) is 5.73 Å². The van der Waals surface area contributed by atoms with Crippen molar-refractivity contribution in [2.45, 2.75) is 309 Å². The number of hydrogen-bond acceptors (Lipinski definition) is 8. The van der Waals surface area contributed by atoms with Crippen molar-refractivity contribution in [3.63, 3.8) is 0 Å². The van der Waals surface area contributed by atoms with Crippen molar-refractivity contribution in [1.82, 2.24) is 0 Å². The van der Waals surface area contributed by atoms with E-state index in [1.807, 2.05) is 0 Å². The summed E-state index contributed by atoms with van der Waals surface area (Å²) in [4.78, 5) is 35.1. The molecule has 3 N–H and O–H groups in total. The van der Waals surface area contributed by atoms with Crippen LogP contribution in [0.4, 0.5) is 0 Å². The van der Waals surface area contributed by atoms with Gasteiger partial charge in [0.1, 0.15) is 6.61 Å². The molecule has 2 atom stereocenters. The predicted molar refractivity (Wildman–Crippen MR) is 326 cm³/mol. The van der Waals surface area contributed by atoms with Gasteiger partial charge in [-0.25, -0.2) is 4.57 Å². The van der Waals surface area contributed by atoms with E-state index in [9.17, 15) is 19.0 Å². The highest BCUT2D eigenvalue weighted by atomic mass is 31.2. The molecule has 9 nitrogen and oxygen atoms in total. The fourth-order valence-electron chi connectivity index (χ4n) is 9.12. The Balaban J connectivity index is 3.73. The molecule has 0 bridgehead atoms. The normalized spacial score (nSPS) is 13.5. The van der Waals surface area contributed by atoms with Crippen molar-refractivity contribution in [3.8, 4) is 0 Å². The third-order valence-electron chi connectivity index (χ3n) is 13.8. The molecule has 0 saturated carbocycles. The van der Waals surface area contributed by atoms with Gasteiger partial charge >= 0.3 is 19.8 Å². The molecule has 0 aromatic rings. The lowest BCUT2D eigenvalue weighted by Gasteiger charge is -2.19. The van der Waals surface area contributed by atoms with Crippen LogP contribution in [-0.4, -0.2) is 49.3 Å². The van der Waals surface area contributed by atoms with Gasteiger partial charge in [0.05, 0.1) is 13.2 Å². The maximum atomic E-state index is 12.7. The van der Waals surface area contributed by atoms with E-state index in [0.717, 1.165) is 83.5 Å². The molecule has 442 valence electrons. The lowest BCUT2D eigenvalue weighted by atomic mass is 10.0. The Hall–Kier alpha value is -2.55. The number of nitrogens with two attached hydrogens (primary N) is 1. The number of phosphoric acid groups is 1. The van der Waals surface area contributed by atoms with Gasteiger partial charge in [0.15, 0.2) is 6.10 Å². The van der Waals surface area contributed by atoms with Gasteiger partial charge in [-0.2, -0.15) is 0 Å². The van der Waals surface area contributed by atoms with Gasteiger partial charge in [-0.05, 0) is 77.0 Å². The molecule has 0 heterocycles. The zero-order chi connectivity index (χ0) is 55.2. The number of esters is 2. The molecule has 0 aromatic heterocycles. The predicted octanol–water partition coefficient (Wildman–Crippen LogP) is 20.5. The van der Waals surface area contributed by atoms with Gasteiger partial charge in [0.25, 0.3) is 0 Å². The Bertz CT molecular complexity index is 1470. The molecule has 0 aromatic carbocycles. The zero-order valence-electron chi connectivity index (χ0n) is 49.5. The number of ether oxygens (including phenoxy) is 2. The van der Waals surface area contributed by atoms with Gasteiger partial charge in [-0.1, -0.05) is 286 Å². The second-order valence-corrected chi connectivity index (χ2v) is 22.7. The van der Waals surface area contributed by atoms with Crippen LogP contribution in [0.1, 0.15) is 303 Å². The van der Waals surface area contributed by atoms with Gasteiger partial charge in [0, 0.05) is 19.4 Å². The van der Waals surface area contributed by atoms with Crippen molar-refractivity contribution in [2.75, 3.05) is 26.4 Å². The molecule has 0 spiro atoms. The lowest BCUT2D eigenvalue weighted by Crippen LogP contribution is -2.29. The molecule has 10 heteroatoms. The van der Waals surface area contributed by atoms with E-state index in [2.05, 4.69) is 86.8 Å². The van der Waals surface area contributed by atoms with Crippen molar-refractivity contribution in [1.29, 1.82) is 0 Å². The molecule has 0 aliphatic carbocycles. The molecule has 0 amide bonds. The first-order chi connectivity index (χ1) is 37.3. The quantitative estimate of drug-likeness (QED) is 0.0264. The molecular weight excluding hydrogens is 966 g/mol. The van der Waals surface area contributed by atoms with Gasteiger partial charge < -0.3 is 20.1 Å². The van der Waals surface area contributed by atoms with Crippen LogP contribution in [0, 0.1) is 0 Å². The summed E-state index contributed by atoms with van der Waals surface area (Å²) in [5.74, 6) is -0.834. The average Bonchev–Trinajstić information content (AvgIpc) is 3.41. The zero-order valence-corrected chi connectivity index (χ0v) is 50.4. The van der Waals surface area contributed by atoms with Crippen molar-refractivity contribution in [3.05, 3.63) is 72.9 Å². The number of hydrogen-bond donors (Lipinski definition) is 2. The first kappa shape index (κ1) is 73.5. The third-order valence-corrected chi connectivity index (χ3v) is 14.8. The summed E-state index contributed by atoms with van der Waals surface area (Å²) in [5, 5.41) is 0. The summed E-state index contributed by atoms with van der Waals surface area (Å²) in [6, 6.07) is 0. The Kier molecular flexibility index (Phi) is 59.6. The van der Waals surface area contributed by atoms with Crippen LogP contribution in [0.2, 0.25) is 0 Å². The summed E-state index contributed by atoms with van der Waals surface area (Å²) in [7, 11) is -4.39. The number of phosphoric ester groups is 1. The summed E-state index contributed by atoms with van der Waals surface area (Å²) < 4.78 is 33.0.